The largest absolute Gasteiger partial charge is 0.486 e. The van der Waals surface area contributed by atoms with Gasteiger partial charge in [0.05, 0.1) is 11.0 Å². The van der Waals surface area contributed by atoms with Gasteiger partial charge in [-0.25, -0.2) is 4.98 Å². The Kier molecular flexibility index (Phi) is 6.00. The number of fused-ring (bicyclic) bond motifs is 2. The maximum Gasteiger partial charge on any atom is 0.246 e. The summed E-state index contributed by atoms with van der Waals surface area (Å²) in [6.45, 7) is 4.16. The second-order valence-corrected chi connectivity index (χ2v) is 9.25. The number of carbonyl (C=O) groups excluding carboxylic acids is 2. The number of likely N-dealkylation sites (N-methyl/N-ethyl adjacent to an activating group) is 1. The van der Waals surface area contributed by atoms with Crippen molar-refractivity contribution in [1.82, 2.24) is 9.55 Å². The molecule has 6 rings (SSSR count). The molecule has 1 aromatic heterocycles. The van der Waals surface area contributed by atoms with Crippen molar-refractivity contribution in [3.8, 4) is 11.5 Å². The molecule has 0 spiro atoms. The number of ether oxygens (including phenoxy) is 2. The minimum atomic E-state index is -0.146. The number of imidazole rings is 1. The third-order valence-electron chi connectivity index (χ3n) is 6.99. The van der Waals surface area contributed by atoms with E-state index >= 15 is 0 Å². The van der Waals surface area contributed by atoms with Crippen LogP contribution < -0.4 is 19.3 Å². The molecule has 0 bridgehead atoms. The highest BCUT2D eigenvalue weighted by Crippen LogP contribution is 2.38. The van der Waals surface area contributed by atoms with E-state index in [0.717, 1.165) is 28.2 Å². The van der Waals surface area contributed by atoms with Crippen LogP contribution in [0.5, 0.6) is 11.5 Å². The highest BCUT2D eigenvalue weighted by Gasteiger charge is 2.36. The second kappa shape index (κ2) is 9.61. The van der Waals surface area contributed by atoms with Crippen LogP contribution in [-0.4, -0.2) is 47.7 Å². The van der Waals surface area contributed by atoms with Crippen LogP contribution in [0.25, 0.3) is 11.0 Å². The van der Waals surface area contributed by atoms with Gasteiger partial charge in [-0.3, -0.25) is 9.59 Å². The number of nitrogens with zero attached hydrogens (tertiary/aromatic N) is 4. The third-order valence-corrected chi connectivity index (χ3v) is 6.99. The summed E-state index contributed by atoms with van der Waals surface area (Å²) in [6.07, 6.45) is 0.322. The molecule has 1 unspecified atom stereocenters. The molecule has 0 radical (unpaired) electrons. The number of rotatable bonds is 6. The van der Waals surface area contributed by atoms with Gasteiger partial charge in [-0.1, -0.05) is 30.3 Å². The number of aromatic nitrogens is 2. The Morgan fingerprint density at radius 3 is 2.57 bits per heavy atom. The van der Waals surface area contributed by atoms with Gasteiger partial charge in [0.2, 0.25) is 11.8 Å². The molecule has 1 saturated heterocycles. The molecule has 8 heteroatoms. The van der Waals surface area contributed by atoms with Crippen molar-refractivity contribution >= 4 is 34.2 Å². The molecule has 188 valence electrons. The van der Waals surface area contributed by atoms with Gasteiger partial charge in [0.1, 0.15) is 25.6 Å². The van der Waals surface area contributed by atoms with E-state index in [-0.39, 0.29) is 24.3 Å². The summed E-state index contributed by atoms with van der Waals surface area (Å²) in [5, 5.41) is 0. The molecule has 8 nitrogen and oxygen atoms in total. The molecule has 0 saturated carbocycles. The minimum absolute atomic E-state index is 0.0195. The lowest BCUT2D eigenvalue weighted by molar-refractivity contribution is -0.119. The topological polar surface area (TPSA) is 76.9 Å². The number of carbonyl (C=O) groups is 2. The Hall–Kier alpha value is -4.33. The van der Waals surface area contributed by atoms with Crippen LogP contribution in [0.2, 0.25) is 0 Å². The molecule has 2 aliphatic rings. The highest BCUT2D eigenvalue weighted by molar-refractivity contribution is 5.97. The van der Waals surface area contributed by atoms with Crippen LogP contribution in [-0.2, 0) is 16.1 Å². The number of para-hydroxylation sites is 3. The average molecular weight is 497 g/mol. The van der Waals surface area contributed by atoms with Crippen molar-refractivity contribution in [3.63, 3.8) is 0 Å². The lowest BCUT2D eigenvalue weighted by Gasteiger charge is -2.23. The lowest BCUT2D eigenvalue weighted by atomic mass is 10.1. The first-order chi connectivity index (χ1) is 18.1. The predicted octanol–water partition coefficient (Wildman–Crippen LogP) is 4.38. The average Bonchev–Trinajstić information content (AvgIpc) is 3.50. The maximum absolute atomic E-state index is 13.5. The zero-order valence-electron chi connectivity index (χ0n) is 20.7. The van der Waals surface area contributed by atoms with Crippen LogP contribution in [0.1, 0.15) is 25.1 Å². The minimum Gasteiger partial charge on any atom is -0.486 e. The van der Waals surface area contributed by atoms with Gasteiger partial charge in [-0.2, -0.15) is 0 Å². The first kappa shape index (κ1) is 23.1. The number of hydrogen-bond donors (Lipinski definition) is 0. The molecular formula is C29H28N4O4. The molecule has 1 fully saturated rings. The van der Waals surface area contributed by atoms with Crippen molar-refractivity contribution in [2.75, 3.05) is 36.1 Å². The molecule has 2 aliphatic heterocycles. The molecule has 3 aromatic carbocycles. The van der Waals surface area contributed by atoms with Crippen LogP contribution in [0.3, 0.4) is 0 Å². The van der Waals surface area contributed by atoms with Crippen molar-refractivity contribution in [2.45, 2.75) is 25.8 Å². The van der Waals surface area contributed by atoms with E-state index in [1.165, 1.54) is 0 Å². The Morgan fingerprint density at radius 1 is 1.00 bits per heavy atom. The molecule has 0 aliphatic carbocycles. The normalized spacial score (nSPS) is 16.8. The molecule has 0 N–H and O–H groups in total. The van der Waals surface area contributed by atoms with Crippen molar-refractivity contribution in [1.29, 1.82) is 0 Å². The summed E-state index contributed by atoms with van der Waals surface area (Å²) in [6, 6.07) is 23.1. The fraction of sp³-hybridized carbons (Fsp3) is 0.276. The van der Waals surface area contributed by atoms with Gasteiger partial charge in [-0.15, -0.1) is 0 Å². The molecule has 2 amide bonds. The number of benzene rings is 3. The van der Waals surface area contributed by atoms with Gasteiger partial charge in [0.25, 0.3) is 0 Å². The Labute approximate surface area is 215 Å². The zero-order chi connectivity index (χ0) is 25.4. The molecular weight excluding hydrogens is 468 g/mol. The number of hydrogen-bond acceptors (Lipinski definition) is 5. The second-order valence-electron chi connectivity index (χ2n) is 9.25. The Balaban J connectivity index is 1.31. The molecule has 3 heterocycles. The van der Waals surface area contributed by atoms with Crippen molar-refractivity contribution < 1.29 is 19.1 Å². The summed E-state index contributed by atoms with van der Waals surface area (Å²) in [4.78, 5) is 35.1. The van der Waals surface area contributed by atoms with E-state index < -0.39 is 0 Å². The van der Waals surface area contributed by atoms with Crippen molar-refractivity contribution in [2.24, 2.45) is 0 Å². The van der Waals surface area contributed by atoms with E-state index in [1.54, 1.807) is 9.80 Å². The van der Waals surface area contributed by atoms with E-state index in [4.69, 9.17) is 14.5 Å². The Bertz CT molecular complexity index is 1470. The van der Waals surface area contributed by atoms with Crippen LogP contribution >= 0.6 is 0 Å². The molecule has 1 atom stereocenters. The fourth-order valence-electron chi connectivity index (χ4n) is 5.23. The smallest absolute Gasteiger partial charge is 0.246 e. The van der Waals surface area contributed by atoms with Crippen LogP contribution in [0, 0.1) is 0 Å². The van der Waals surface area contributed by atoms with Gasteiger partial charge in [0, 0.05) is 42.9 Å². The summed E-state index contributed by atoms with van der Waals surface area (Å²) in [7, 11) is 0. The summed E-state index contributed by atoms with van der Waals surface area (Å²) in [5.41, 5.74) is 3.34. The van der Waals surface area contributed by atoms with Gasteiger partial charge in [0.15, 0.2) is 11.5 Å². The lowest BCUT2D eigenvalue weighted by Crippen LogP contribution is -2.34. The number of anilines is 2. The molecule has 37 heavy (non-hydrogen) atoms. The number of amides is 2. The van der Waals surface area contributed by atoms with Crippen LogP contribution in [0.4, 0.5) is 11.4 Å². The van der Waals surface area contributed by atoms with Crippen LogP contribution in [0.15, 0.2) is 72.8 Å². The SMILES string of the molecule is CCN(C(=O)Cn1c(C2CC(=O)N(c3ccc4c(c3)OCCO4)C2)nc2ccccc21)c1ccccc1. The monoisotopic (exact) mass is 496 g/mol. The van der Waals surface area contributed by atoms with Gasteiger partial charge >= 0.3 is 0 Å². The predicted molar refractivity (Wildman–Crippen MR) is 141 cm³/mol. The van der Waals surface area contributed by atoms with Gasteiger partial charge in [-0.05, 0) is 43.3 Å². The maximum atomic E-state index is 13.5. The van der Waals surface area contributed by atoms with Gasteiger partial charge < -0.3 is 23.8 Å². The first-order valence-electron chi connectivity index (χ1n) is 12.6. The van der Waals surface area contributed by atoms with E-state index in [2.05, 4.69) is 0 Å². The van der Waals surface area contributed by atoms with E-state index in [9.17, 15) is 9.59 Å². The summed E-state index contributed by atoms with van der Waals surface area (Å²) < 4.78 is 13.3. The fourth-order valence-corrected chi connectivity index (χ4v) is 5.23. The van der Waals surface area contributed by atoms with E-state index in [1.807, 2.05) is 84.3 Å². The standard InChI is InChI=1S/C29H28N4O4/c1-2-31(21-8-4-3-5-9-21)28(35)19-33-24-11-7-6-10-23(24)30-29(33)20-16-27(34)32(18-20)22-12-13-25-26(17-22)37-15-14-36-25/h3-13,17,20H,2,14-16,18-19H2,1H3. The summed E-state index contributed by atoms with van der Waals surface area (Å²) in [5.74, 6) is 1.95. The quantitative estimate of drug-likeness (QED) is 0.396. The summed E-state index contributed by atoms with van der Waals surface area (Å²) >= 11 is 0. The van der Waals surface area contributed by atoms with E-state index in [0.29, 0.717) is 44.2 Å². The highest BCUT2D eigenvalue weighted by atomic mass is 16.6. The first-order valence-corrected chi connectivity index (χ1v) is 12.6. The van der Waals surface area contributed by atoms with Crippen molar-refractivity contribution in [3.05, 3.63) is 78.6 Å². The molecule has 4 aromatic rings. The Morgan fingerprint density at radius 2 is 1.76 bits per heavy atom. The third kappa shape index (κ3) is 4.28. The zero-order valence-corrected chi connectivity index (χ0v) is 20.7.